The van der Waals surface area contributed by atoms with Gasteiger partial charge in [-0.2, -0.15) is 0 Å². The lowest BCUT2D eigenvalue weighted by atomic mass is 10.1. The molecule has 0 aliphatic rings. The Hall–Kier alpha value is -2.72. The minimum atomic E-state index is -0.369. The largest absolute Gasteiger partial charge is 0.489 e. The third-order valence-electron chi connectivity index (χ3n) is 4.67. The summed E-state index contributed by atoms with van der Waals surface area (Å²) in [5.41, 5.74) is 4.48. The van der Waals surface area contributed by atoms with Gasteiger partial charge in [-0.05, 0) is 50.1 Å². The molecule has 0 fully saturated rings. The summed E-state index contributed by atoms with van der Waals surface area (Å²) in [6.45, 7) is 6.20. The maximum Gasteiger partial charge on any atom is 0.360 e. The number of halogens is 1. The molecular weight excluding hydrogens is 350 g/mol. The minimum Gasteiger partial charge on any atom is -0.489 e. The Morgan fingerprint density at radius 2 is 1.81 bits per heavy atom. The average molecular weight is 368 g/mol. The number of hydrogen-bond acceptors (Lipinski definition) is 3. The van der Waals surface area contributed by atoms with E-state index in [-0.39, 0.29) is 5.63 Å². The fourth-order valence-corrected chi connectivity index (χ4v) is 3.46. The van der Waals surface area contributed by atoms with E-state index in [1.807, 2.05) is 51.1 Å². The van der Waals surface area contributed by atoms with Crippen molar-refractivity contribution < 1.29 is 9.15 Å². The maximum atomic E-state index is 12.3. The zero-order valence-electron chi connectivity index (χ0n) is 14.8. The Morgan fingerprint density at radius 1 is 1.12 bits per heavy atom. The molecule has 2 aromatic carbocycles. The second-order valence-corrected chi connectivity index (χ2v) is 6.90. The van der Waals surface area contributed by atoms with E-state index in [1.165, 1.54) is 0 Å². The van der Waals surface area contributed by atoms with Crippen LogP contribution in [0.2, 0.25) is 5.02 Å². The van der Waals surface area contributed by atoms with Gasteiger partial charge in [-0.15, -0.1) is 0 Å². The summed E-state index contributed by atoms with van der Waals surface area (Å²) in [5, 5.41) is 2.51. The Bertz CT molecular complexity index is 1180. The van der Waals surface area contributed by atoms with E-state index < -0.39 is 0 Å². The average Bonchev–Trinajstić information content (AvgIpc) is 2.95. The summed E-state index contributed by atoms with van der Waals surface area (Å²) in [6.07, 6.45) is 0. The lowest BCUT2D eigenvalue weighted by Gasteiger charge is -2.10. The molecule has 0 unspecified atom stereocenters. The fourth-order valence-electron chi connectivity index (χ4n) is 3.35. The SMILES string of the molecule is Cc1cc(OCc2c(C)[nH]c3c(=O)oc4ccccc4c23)cc(C)c1Cl. The maximum absolute atomic E-state index is 12.3. The molecule has 5 heteroatoms. The fraction of sp³-hybridized carbons (Fsp3) is 0.190. The molecule has 4 aromatic rings. The molecule has 132 valence electrons. The Balaban J connectivity index is 1.82. The lowest BCUT2D eigenvalue weighted by Crippen LogP contribution is -2.01. The standard InChI is InChI=1S/C21H18ClNO3/c1-11-8-14(9-12(2)19(11)22)25-10-16-13(3)23-20-18(16)15-6-4-5-7-17(15)26-21(20)24/h4-9,23H,10H2,1-3H3. The topological polar surface area (TPSA) is 55.2 Å². The smallest absolute Gasteiger partial charge is 0.360 e. The van der Waals surface area contributed by atoms with Gasteiger partial charge in [0.25, 0.3) is 0 Å². The Labute approximate surface area is 155 Å². The molecule has 2 aromatic heterocycles. The molecule has 2 heterocycles. The van der Waals surface area contributed by atoms with Gasteiger partial charge < -0.3 is 14.1 Å². The van der Waals surface area contributed by atoms with Crippen molar-refractivity contribution in [3.8, 4) is 5.75 Å². The van der Waals surface area contributed by atoms with E-state index in [4.69, 9.17) is 20.8 Å². The molecular formula is C21H18ClNO3. The first-order chi connectivity index (χ1) is 12.5. The van der Waals surface area contributed by atoms with E-state index in [9.17, 15) is 4.79 Å². The third-order valence-corrected chi connectivity index (χ3v) is 5.27. The molecule has 0 spiro atoms. The van der Waals surface area contributed by atoms with Crippen LogP contribution in [-0.2, 0) is 6.61 Å². The summed E-state index contributed by atoms with van der Waals surface area (Å²) in [4.78, 5) is 15.5. The van der Waals surface area contributed by atoms with Crippen LogP contribution in [0.5, 0.6) is 5.75 Å². The van der Waals surface area contributed by atoms with Gasteiger partial charge in [-0.1, -0.05) is 29.8 Å². The van der Waals surface area contributed by atoms with E-state index in [0.29, 0.717) is 17.7 Å². The monoisotopic (exact) mass is 367 g/mol. The molecule has 0 aliphatic carbocycles. The second kappa shape index (κ2) is 6.22. The zero-order chi connectivity index (χ0) is 18.4. The third kappa shape index (κ3) is 2.67. The number of ether oxygens (including phenoxy) is 1. The first-order valence-corrected chi connectivity index (χ1v) is 8.76. The summed E-state index contributed by atoms with van der Waals surface area (Å²) in [5.74, 6) is 0.755. The number of fused-ring (bicyclic) bond motifs is 3. The van der Waals surface area contributed by atoms with E-state index in [2.05, 4.69) is 4.98 Å². The minimum absolute atomic E-state index is 0.347. The van der Waals surface area contributed by atoms with Crippen molar-refractivity contribution in [1.82, 2.24) is 4.98 Å². The van der Waals surface area contributed by atoms with Crippen molar-refractivity contribution in [3.05, 3.63) is 74.2 Å². The van der Waals surface area contributed by atoms with Crippen LogP contribution in [0.15, 0.2) is 45.6 Å². The molecule has 0 saturated carbocycles. The number of aryl methyl sites for hydroxylation is 3. The number of rotatable bonds is 3. The molecule has 0 aliphatic heterocycles. The zero-order valence-corrected chi connectivity index (χ0v) is 15.5. The van der Waals surface area contributed by atoms with Crippen molar-refractivity contribution in [2.75, 3.05) is 0 Å². The Kier molecular flexibility index (Phi) is 4.00. The van der Waals surface area contributed by atoms with Gasteiger partial charge >= 0.3 is 5.63 Å². The lowest BCUT2D eigenvalue weighted by molar-refractivity contribution is 0.306. The highest BCUT2D eigenvalue weighted by molar-refractivity contribution is 6.32. The van der Waals surface area contributed by atoms with Crippen molar-refractivity contribution in [1.29, 1.82) is 0 Å². The summed E-state index contributed by atoms with van der Waals surface area (Å²) < 4.78 is 11.4. The molecule has 4 rings (SSSR count). The van der Waals surface area contributed by atoms with Crippen LogP contribution in [-0.4, -0.2) is 4.98 Å². The molecule has 0 saturated heterocycles. The first kappa shape index (κ1) is 16.7. The van der Waals surface area contributed by atoms with Gasteiger partial charge in [0.1, 0.15) is 23.5 Å². The highest BCUT2D eigenvalue weighted by atomic mass is 35.5. The quantitative estimate of drug-likeness (QED) is 0.491. The van der Waals surface area contributed by atoms with Gasteiger partial charge in [0.15, 0.2) is 0 Å². The predicted molar refractivity (Wildman–Crippen MR) is 104 cm³/mol. The molecule has 1 N–H and O–H groups in total. The van der Waals surface area contributed by atoms with Gasteiger partial charge in [-0.25, -0.2) is 4.79 Å². The van der Waals surface area contributed by atoms with Crippen LogP contribution in [0, 0.1) is 20.8 Å². The van der Waals surface area contributed by atoms with Crippen molar-refractivity contribution in [2.45, 2.75) is 27.4 Å². The van der Waals surface area contributed by atoms with E-state index in [1.54, 1.807) is 6.07 Å². The van der Waals surface area contributed by atoms with Crippen LogP contribution in [0.4, 0.5) is 0 Å². The summed E-state index contributed by atoms with van der Waals surface area (Å²) >= 11 is 6.23. The van der Waals surface area contributed by atoms with Gasteiger partial charge in [-0.3, -0.25) is 0 Å². The van der Waals surface area contributed by atoms with Crippen molar-refractivity contribution in [3.63, 3.8) is 0 Å². The van der Waals surface area contributed by atoms with Crippen LogP contribution in [0.25, 0.3) is 21.9 Å². The molecule has 0 amide bonds. The number of aromatic nitrogens is 1. The molecule has 4 nitrogen and oxygen atoms in total. The van der Waals surface area contributed by atoms with Gasteiger partial charge in [0.2, 0.25) is 0 Å². The summed E-state index contributed by atoms with van der Waals surface area (Å²) in [7, 11) is 0. The number of aromatic amines is 1. The van der Waals surface area contributed by atoms with Crippen molar-refractivity contribution in [2.24, 2.45) is 0 Å². The van der Waals surface area contributed by atoms with Crippen LogP contribution < -0.4 is 10.4 Å². The highest BCUT2D eigenvalue weighted by Gasteiger charge is 2.17. The molecule has 0 radical (unpaired) electrons. The highest BCUT2D eigenvalue weighted by Crippen LogP contribution is 2.30. The van der Waals surface area contributed by atoms with E-state index >= 15 is 0 Å². The number of benzene rings is 2. The first-order valence-electron chi connectivity index (χ1n) is 8.38. The molecule has 0 atom stereocenters. The van der Waals surface area contributed by atoms with E-state index in [0.717, 1.165) is 43.9 Å². The van der Waals surface area contributed by atoms with Crippen LogP contribution in [0.3, 0.4) is 0 Å². The Morgan fingerprint density at radius 3 is 2.54 bits per heavy atom. The summed E-state index contributed by atoms with van der Waals surface area (Å²) in [6, 6.07) is 11.4. The van der Waals surface area contributed by atoms with Crippen molar-refractivity contribution >= 4 is 33.5 Å². The second-order valence-electron chi connectivity index (χ2n) is 6.52. The van der Waals surface area contributed by atoms with Gasteiger partial charge in [0.05, 0.1) is 0 Å². The van der Waals surface area contributed by atoms with Crippen LogP contribution >= 0.6 is 11.6 Å². The van der Waals surface area contributed by atoms with Crippen LogP contribution in [0.1, 0.15) is 22.4 Å². The molecule has 0 bridgehead atoms. The predicted octanol–water partition coefficient (Wildman–Crippen LogP) is 5.43. The van der Waals surface area contributed by atoms with Gasteiger partial charge in [0, 0.05) is 27.1 Å². The normalized spacial score (nSPS) is 11.4. The number of nitrogens with one attached hydrogen (secondary N) is 1. The number of para-hydroxylation sites is 1. The number of hydrogen-bond donors (Lipinski definition) is 1. The number of H-pyrrole nitrogens is 1. The molecule has 26 heavy (non-hydrogen) atoms.